The Morgan fingerprint density at radius 1 is 0.824 bits per heavy atom. The van der Waals surface area contributed by atoms with Crippen LogP contribution in [0.2, 0.25) is 0 Å². The molecule has 0 amide bonds. The highest BCUT2D eigenvalue weighted by Crippen LogP contribution is 2.17. The Bertz CT molecular complexity index is 463. The molecule has 2 aromatic rings. The predicted molar refractivity (Wildman–Crippen MR) is 67.4 cm³/mol. The molecule has 0 spiro atoms. The van der Waals surface area contributed by atoms with E-state index in [0.717, 1.165) is 6.54 Å². The van der Waals surface area contributed by atoms with E-state index in [1.54, 1.807) is 0 Å². The van der Waals surface area contributed by atoms with Crippen LogP contribution in [0.5, 0.6) is 0 Å². The number of hydrazine groups is 2. The average Bonchev–Trinajstić information content (AvgIpc) is 2.36. The van der Waals surface area contributed by atoms with Gasteiger partial charge in [-0.25, -0.2) is 10.9 Å². The first-order chi connectivity index (χ1) is 8.42. The van der Waals surface area contributed by atoms with Crippen LogP contribution < -0.4 is 10.9 Å². The lowest BCUT2D eigenvalue weighted by Crippen LogP contribution is -2.64. The topological polar surface area (TPSA) is 27.3 Å². The van der Waals surface area contributed by atoms with E-state index in [2.05, 4.69) is 59.4 Å². The zero-order valence-corrected chi connectivity index (χ0v) is 9.51. The van der Waals surface area contributed by atoms with Crippen molar-refractivity contribution in [2.45, 2.75) is 12.7 Å². The summed E-state index contributed by atoms with van der Waals surface area (Å²) in [6, 6.07) is 20.8. The van der Waals surface area contributed by atoms with Gasteiger partial charge in [0, 0.05) is 0 Å². The molecular formula is C14H15N3. The Hall–Kier alpha value is -1.68. The predicted octanol–water partition coefficient (Wildman–Crippen LogP) is 2.21. The van der Waals surface area contributed by atoms with Crippen molar-refractivity contribution < 1.29 is 0 Å². The number of benzene rings is 2. The maximum atomic E-state index is 3.37. The van der Waals surface area contributed by atoms with Gasteiger partial charge in [0.1, 0.15) is 6.17 Å². The molecular weight excluding hydrogens is 210 g/mol. The van der Waals surface area contributed by atoms with Crippen LogP contribution in [0.25, 0.3) is 0 Å². The first-order valence-electron chi connectivity index (χ1n) is 5.80. The summed E-state index contributed by atoms with van der Waals surface area (Å²) in [7, 11) is 0. The fourth-order valence-electron chi connectivity index (χ4n) is 1.96. The molecule has 0 saturated carbocycles. The third-order valence-electron chi connectivity index (χ3n) is 2.89. The van der Waals surface area contributed by atoms with E-state index >= 15 is 0 Å². The number of hydrogen-bond acceptors (Lipinski definition) is 3. The summed E-state index contributed by atoms with van der Waals surface area (Å²) >= 11 is 0. The molecule has 1 aliphatic rings. The van der Waals surface area contributed by atoms with Crippen LogP contribution in [0.15, 0.2) is 60.7 Å². The van der Waals surface area contributed by atoms with Crippen LogP contribution in [0.1, 0.15) is 17.3 Å². The Labute approximate surface area is 101 Å². The van der Waals surface area contributed by atoms with Gasteiger partial charge in [0.25, 0.3) is 0 Å². The number of hydrogen-bond donors (Lipinski definition) is 2. The van der Waals surface area contributed by atoms with E-state index < -0.39 is 0 Å². The van der Waals surface area contributed by atoms with E-state index in [-0.39, 0.29) is 6.17 Å². The van der Waals surface area contributed by atoms with Crippen LogP contribution >= 0.6 is 0 Å². The van der Waals surface area contributed by atoms with Gasteiger partial charge in [-0.2, -0.15) is 5.12 Å². The summed E-state index contributed by atoms with van der Waals surface area (Å²) in [6.45, 7) is 0.865. The lowest BCUT2D eigenvalue weighted by molar-refractivity contribution is -0.0611. The minimum absolute atomic E-state index is 0.236. The summed E-state index contributed by atoms with van der Waals surface area (Å²) in [4.78, 5) is 0. The minimum Gasteiger partial charge on any atom is -0.219 e. The van der Waals surface area contributed by atoms with E-state index in [1.807, 2.05) is 17.3 Å². The van der Waals surface area contributed by atoms with E-state index in [9.17, 15) is 0 Å². The third-order valence-corrected chi connectivity index (χ3v) is 2.89. The second-order valence-electron chi connectivity index (χ2n) is 4.17. The summed E-state index contributed by atoms with van der Waals surface area (Å²) in [5.74, 6) is 0. The van der Waals surface area contributed by atoms with E-state index in [0.29, 0.717) is 0 Å². The highest BCUT2D eigenvalue weighted by molar-refractivity contribution is 5.20. The van der Waals surface area contributed by atoms with Crippen LogP contribution in [0.4, 0.5) is 0 Å². The van der Waals surface area contributed by atoms with Crippen LogP contribution in [-0.2, 0) is 6.54 Å². The Morgan fingerprint density at radius 3 is 2.06 bits per heavy atom. The second-order valence-corrected chi connectivity index (χ2v) is 4.17. The number of rotatable bonds is 3. The molecule has 2 N–H and O–H groups in total. The molecule has 0 atom stereocenters. The van der Waals surface area contributed by atoms with Crippen LogP contribution in [0.3, 0.4) is 0 Å². The molecule has 2 aromatic carbocycles. The molecule has 0 aromatic heterocycles. The Morgan fingerprint density at radius 2 is 1.41 bits per heavy atom. The maximum Gasteiger partial charge on any atom is 0.112 e. The van der Waals surface area contributed by atoms with Crippen molar-refractivity contribution in [3.05, 3.63) is 71.8 Å². The van der Waals surface area contributed by atoms with E-state index in [1.165, 1.54) is 11.1 Å². The zero-order chi connectivity index (χ0) is 11.5. The molecule has 1 heterocycles. The van der Waals surface area contributed by atoms with Crippen molar-refractivity contribution in [3.63, 3.8) is 0 Å². The lowest BCUT2D eigenvalue weighted by atomic mass is 10.1. The summed E-state index contributed by atoms with van der Waals surface area (Å²) in [5.41, 5.74) is 9.29. The molecule has 0 radical (unpaired) electrons. The van der Waals surface area contributed by atoms with Crippen molar-refractivity contribution in [1.29, 1.82) is 0 Å². The van der Waals surface area contributed by atoms with Crippen molar-refractivity contribution in [2.24, 2.45) is 0 Å². The molecule has 17 heavy (non-hydrogen) atoms. The zero-order valence-electron chi connectivity index (χ0n) is 9.51. The first-order valence-corrected chi connectivity index (χ1v) is 5.80. The summed E-state index contributed by atoms with van der Waals surface area (Å²) in [6.07, 6.45) is 0.236. The van der Waals surface area contributed by atoms with Crippen LogP contribution in [0, 0.1) is 0 Å². The maximum absolute atomic E-state index is 3.37. The monoisotopic (exact) mass is 225 g/mol. The molecule has 86 valence electrons. The van der Waals surface area contributed by atoms with Crippen LogP contribution in [-0.4, -0.2) is 5.12 Å². The number of nitrogens with one attached hydrogen (secondary N) is 2. The molecule has 1 saturated heterocycles. The fraction of sp³-hybridized carbons (Fsp3) is 0.143. The van der Waals surface area contributed by atoms with Gasteiger partial charge in [-0.3, -0.25) is 0 Å². The van der Waals surface area contributed by atoms with Crippen molar-refractivity contribution in [3.8, 4) is 0 Å². The highest BCUT2D eigenvalue weighted by Gasteiger charge is 2.25. The molecule has 3 nitrogen and oxygen atoms in total. The quantitative estimate of drug-likeness (QED) is 0.838. The van der Waals surface area contributed by atoms with Crippen molar-refractivity contribution in [2.75, 3.05) is 0 Å². The lowest BCUT2D eigenvalue weighted by Gasteiger charge is -2.41. The minimum atomic E-state index is 0.236. The number of nitrogens with zero attached hydrogens (tertiary/aromatic N) is 1. The normalized spacial score (nSPS) is 16.7. The standard InChI is InChI=1S/C14H15N3/c1-3-7-12(8-4-1)11-17-15-14(16-17)13-9-5-2-6-10-13/h1-10,14-16H,11H2. The van der Waals surface area contributed by atoms with Gasteiger partial charge in [-0.1, -0.05) is 60.7 Å². The fourth-order valence-corrected chi connectivity index (χ4v) is 1.96. The molecule has 0 unspecified atom stereocenters. The van der Waals surface area contributed by atoms with Gasteiger partial charge in [0.2, 0.25) is 0 Å². The molecule has 1 aliphatic heterocycles. The molecule has 3 rings (SSSR count). The molecule has 3 heteroatoms. The smallest absolute Gasteiger partial charge is 0.112 e. The van der Waals surface area contributed by atoms with Gasteiger partial charge in [0.15, 0.2) is 0 Å². The van der Waals surface area contributed by atoms with Gasteiger partial charge < -0.3 is 0 Å². The third kappa shape index (κ3) is 2.36. The average molecular weight is 225 g/mol. The molecule has 0 aliphatic carbocycles. The molecule has 1 fully saturated rings. The highest BCUT2D eigenvalue weighted by atomic mass is 15.9. The van der Waals surface area contributed by atoms with Gasteiger partial charge in [-0.15, -0.1) is 0 Å². The van der Waals surface area contributed by atoms with Gasteiger partial charge in [0.05, 0.1) is 6.54 Å². The Balaban J connectivity index is 1.56. The van der Waals surface area contributed by atoms with Crippen molar-refractivity contribution >= 4 is 0 Å². The van der Waals surface area contributed by atoms with Gasteiger partial charge >= 0.3 is 0 Å². The summed E-state index contributed by atoms with van der Waals surface area (Å²) in [5, 5.41) is 2.01. The Kier molecular flexibility index (Phi) is 2.88. The van der Waals surface area contributed by atoms with E-state index in [4.69, 9.17) is 0 Å². The van der Waals surface area contributed by atoms with Gasteiger partial charge in [-0.05, 0) is 11.1 Å². The summed E-state index contributed by atoms with van der Waals surface area (Å²) < 4.78 is 0. The largest absolute Gasteiger partial charge is 0.219 e. The van der Waals surface area contributed by atoms with Crippen molar-refractivity contribution in [1.82, 2.24) is 16.0 Å². The molecule has 0 bridgehead atoms. The first kappa shape index (κ1) is 10.5. The second kappa shape index (κ2) is 4.67. The SMILES string of the molecule is c1ccc(CN2NC(c3ccccc3)N2)cc1.